The van der Waals surface area contributed by atoms with Crippen LogP contribution in [0.1, 0.15) is 0 Å². The van der Waals surface area contributed by atoms with Gasteiger partial charge >= 0.3 is 0 Å². The van der Waals surface area contributed by atoms with Crippen LogP contribution in [-0.2, 0) is 0 Å². The molecule has 0 aliphatic rings. The second-order valence-electron chi connectivity index (χ2n) is 3.61. The minimum atomic E-state index is -0.702. The number of rotatable bonds is 3. The van der Waals surface area contributed by atoms with Crippen molar-refractivity contribution in [2.75, 3.05) is 12.8 Å². The predicted octanol–water partition coefficient (Wildman–Crippen LogP) is 3.77. The molecule has 2 aromatic rings. The summed E-state index contributed by atoms with van der Waals surface area (Å²) in [5, 5.41) is 0. The molecule has 0 aromatic heterocycles. The summed E-state index contributed by atoms with van der Waals surface area (Å²) in [6.45, 7) is 0. The second-order valence-corrected chi connectivity index (χ2v) is 3.61. The molecule has 0 atom stereocenters. The van der Waals surface area contributed by atoms with Gasteiger partial charge in [-0.05, 0) is 12.1 Å². The molecule has 0 aliphatic carbocycles. The Bertz CT molecular complexity index is 558. The van der Waals surface area contributed by atoms with E-state index in [0.29, 0.717) is 17.2 Å². The lowest BCUT2D eigenvalue weighted by atomic mass is 10.2. The van der Waals surface area contributed by atoms with Crippen LogP contribution in [0.25, 0.3) is 0 Å². The Morgan fingerprint density at radius 1 is 0.947 bits per heavy atom. The van der Waals surface area contributed by atoms with Gasteiger partial charge in [-0.25, -0.2) is 8.78 Å². The molecule has 3 nitrogen and oxygen atoms in total. The van der Waals surface area contributed by atoms with Crippen molar-refractivity contribution in [1.29, 1.82) is 0 Å². The molecule has 0 fully saturated rings. The molecule has 0 amide bonds. The Kier molecular flexibility index (Phi) is 4.94. The lowest BCUT2D eigenvalue weighted by Crippen LogP contribution is -1.93. The van der Waals surface area contributed by atoms with Crippen molar-refractivity contribution in [2.45, 2.75) is 0 Å². The van der Waals surface area contributed by atoms with Gasteiger partial charge < -0.3 is 15.2 Å². The smallest absolute Gasteiger partial charge is 0.142 e. The number of halogens is 3. The molecule has 2 rings (SSSR count). The van der Waals surface area contributed by atoms with Gasteiger partial charge in [0.2, 0.25) is 0 Å². The number of anilines is 1. The van der Waals surface area contributed by atoms with Gasteiger partial charge in [-0.15, -0.1) is 12.4 Å². The van der Waals surface area contributed by atoms with Gasteiger partial charge in [0.15, 0.2) is 0 Å². The third-order valence-corrected chi connectivity index (χ3v) is 2.27. The van der Waals surface area contributed by atoms with Crippen LogP contribution in [0.4, 0.5) is 14.5 Å². The Hall–Kier alpha value is -2.01. The fourth-order valence-corrected chi connectivity index (χ4v) is 1.50. The first kappa shape index (κ1) is 15.0. The maximum absolute atomic E-state index is 13.0. The molecule has 0 aliphatic heterocycles. The average Bonchev–Trinajstić information content (AvgIpc) is 2.27. The second kappa shape index (κ2) is 6.24. The number of benzene rings is 2. The maximum Gasteiger partial charge on any atom is 0.142 e. The van der Waals surface area contributed by atoms with Gasteiger partial charge in [-0.3, -0.25) is 0 Å². The molecular weight excluding hydrogens is 276 g/mol. The number of methoxy groups -OCH3 is 1. The van der Waals surface area contributed by atoms with Crippen LogP contribution < -0.4 is 15.2 Å². The summed E-state index contributed by atoms with van der Waals surface area (Å²) in [5.41, 5.74) is 6.07. The standard InChI is InChI=1S/C13H11F2NO2.ClH/c1-17-13-3-2-10(7-12(13)16)18-11-5-8(14)4-9(15)6-11;/h2-7H,16H2,1H3;1H. The number of ether oxygens (including phenoxy) is 2. The molecule has 2 N–H and O–H groups in total. The highest BCUT2D eigenvalue weighted by Crippen LogP contribution is 2.29. The lowest BCUT2D eigenvalue weighted by molar-refractivity contribution is 0.415. The first-order valence-electron chi connectivity index (χ1n) is 5.16. The van der Waals surface area contributed by atoms with Crippen molar-refractivity contribution in [3.63, 3.8) is 0 Å². The summed E-state index contributed by atoms with van der Waals surface area (Å²) in [6.07, 6.45) is 0. The van der Waals surface area contributed by atoms with E-state index < -0.39 is 11.6 Å². The first-order chi connectivity index (χ1) is 8.58. The van der Waals surface area contributed by atoms with Gasteiger partial charge in [-0.2, -0.15) is 0 Å². The molecule has 19 heavy (non-hydrogen) atoms. The monoisotopic (exact) mass is 287 g/mol. The predicted molar refractivity (Wildman–Crippen MR) is 71.1 cm³/mol. The number of hydrogen-bond acceptors (Lipinski definition) is 3. The largest absolute Gasteiger partial charge is 0.495 e. The summed E-state index contributed by atoms with van der Waals surface area (Å²) in [7, 11) is 1.49. The van der Waals surface area contributed by atoms with Crippen molar-refractivity contribution in [2.24, 2.45) is 0 Å². The number of hydrogen-bond donors (Lipinski definition) is 1. The third kappa shape index (κ3) is 3.72. The summed E-state index contributed by atoms with van der Waals surface area (Å²) in [4.78, 5) is 0. The fraction of sp³-hybridized carbons (Fsp3) is 0.0769. The molecule has 0 bridgehead atoms. The van der Waals surface area contributed by atoms with E-state index in [1.807, 2.05) is 0 Å². The van der Waals surface area contributed by atoms with Crippen molar-refractivity contribution in [1.82, 2.24) is 0 Å². The van der Waals surface area contributed by atoms with Gasteiger partial charge in [0.25, 0.3) is 0 Å². The first-order valence-corrected chi connectivity index (χ1v) is 5.16. The maximum atomic E-state index is 13.0. The van der Waals surface area contributed by atoms with Crippen LogP contribution in [0, 0.1) is 11.6 Å². The highest BCUT2D eigenvalue weighted by molar-refractivity contribution is 5.85. The van der Waals surface area contributed by atoms with Crippen molar-refractivity contribution >= 4 is 18.1 Å². The van der Waals surface area contributed by atoms with Crippen LogP contribution in [0.2, 0.25) is 0 Å². The molecule has 0 saturated carbocycles. The number of nitrogens with two attached hydrogens (primary N) is 1. The highest BCUT2D eigenvalue weighted by Gasteiger charge is 2.05. The summed E-state index contributed by atoms with van der Waals surface area (Å²) < 4.78 is 36.2. The Labute approximate surface area is 115 Å². The molecule has 0 unspecified atom stereocenters. The number of nitrogen functional groups attached to an aromatic ring is 1. The zero-order valence-electron chi connectivity index (χ0n) is 10.0. The quantitative estimate of drug-likeness (QED) is 0.874. The van der Waals surface area contributed by atoms with E-state index in [0.717, 1.165) is 18.2 Å². The van der Waals surface area contributed by atoms with Crippen LogP contribution in [-0.4, -0.2) is 7.11 Å². The Balaban J connectivity index is 0.00000180. The molecular formula is C13H12ClF2NO2. The van der Waals surface area contributed by atoms with Crippen molar-refractivity contribution < 1.29 is 18.3 Å². The topological polar surface area (TPSA) is 44.5 Å². The molecule has 6 heteroatoms. The fourth-order valence-electron chi connectivity index (χ4n) is 1.50. The average molecular weight is 288 g/mol. The van der Waals surface area contributed by atoms with E-state index in [1.54, 1.807) is 12.1 Å². The summed E-state index contributed by atoms with van der Waals surface area (Å²) in [6, 6.07) is 7.67. The van der Waals surface area contributed by atoms with Gasteiger partial charge in [-0.1, -0.05) is 0 Å². The zero-order chi connectivity index (χ0) is 13.1. The zero-order valence-corrected chi connectivity index (χ0v) is 10.8. The SMILES string of the molecule is COc1ccc(Oc2cc(F)cc(F)c2)cc1N.Cl. The van der Waals surface area contributed by atoms with E-state index in [1.165, 1.54) is 13.2 Å². The van der Waals surface area contributed by atoms with Crippen LogP contribution in [0.5, 0.6) is 17.2 Å². The molecule has 0 heterocycles. The van der Waals surface area contributed by atoms with Crippen LogP contribution in [0.3, 0.4) is 0 Å². The van der Waals surface area contributed by atoms with Gasteiger partial charge in [0.1, 0.15) is 28.9 Å². The molecule has 0 radical (unpaired) electrons. The minimum absolute atomic E-state index is 0. The lowest BCUT2D eigenvalue weighted by Gasteiger charge is -2.09. The van der Waals surface area contributed by atoms with Gasteiger partial charge in [0.05, 0.1) is 12.8 Å². The molecule has 102 valence electrons. The normalized spacial score (nSPS) is 9.63. The Morgan fingerprint density at radius 2 is 1.58 bits per heavy atom. The molecule has 0 spiro atoms. The van der Waals surface area contributed by atoms with Crippen molar-refractivity contribution in [3.8, 4) is 17.2 Å². The van der Waals surface area contributed by atoms with Crippen molar-refractivity contribution in [3.05, 3.63) is 48.0 Å². The summed E-state index contributed by atoms with van der Waals surface area (Å²) >= 11 is 0. The third-order valence-electron chi connectivity index (χ3n) is 2.27. The van der Waals surface area contributed by atoms with E-state index in [9.17, 15) is 8.78 Å². The Morgan fingerprint density at radius 3 is 2.11 bits per heavy atom. The minimum Gasteiger partial charge on any atom is -0.495 e. The van der Waals surface area contributed by atoms with E-state index in [4.69, 9.17) is 15.2 Å². The summed E-state index contributed by atoms with van der Waals surface area (Å²) in [5.74, 6) is -0.457. The van der Waals surface area contributed by atoms with E-state index in [-0.39, 0.29) is 18.2 Å². The van der Waals surface area contributed by atoms with E-state index >= 15 is 0 Å². The van der Waals surface area contributed by atoms with Crippen LogP contribution in [0.15, 0.2) is 36.4 Å². The van der Waals surface area contributed by atoms with Crippen LogP contribution >= 0.6 is 12.4 Å². The highest BCUT2D eigenvalue weighted by atomic mass is 35.5. The molecule has 2 aromatic carbocycles. The molecule has 0 saturated heterocycles. The van der Waals surface area contributed by atoms with Gasteiger partial charge in [0, 0.05) is 24.3 Å². The van der Waals surface area contributed by atoms with E-state index in [2.05, 4.69) is 0 Å².